The lowest BCUT2D eigenvalue weighted by molar-refractivity contribution is 0.0798. The molecule has 0 aliphatic heterocycles. The van der Waals surface area contributed by atoms with Crippen molar-refractivity contribution in [2.75, 3.05) is 26.5 Å². The minimum absolute atomic E-state index is 0.128. The van der Waals surface area contributed by atoms with Gasteiger partial charge in [-0.2, -0.15) is 0 Å². The van der Waals surface area contributed by atoms with E-state index in [1.54, 1.807) is 33.3 Å². The van der Waals surface area contributed by atoms with Gasteiger partial charge in [0.2, 0.25) is 0 Å². The van der Waals surface area contributed by atoms with E-state index in [-0.39, 0.29) is 5.91 Å². The Kier molecular flexibility index (Phi) is 2.38. The van der Waals surface area contributed by atoms with Crippen LogP contribution in [0.3, 0.4) is 0 Å². The molecule has 0 spiro atoms. The van der Waals surface area contributed by atoms with Gasteiger partial charge in [-0.05, 0) is 6.07 Å². The molecule has 0 aromatic carbocycles. The van der Waals surface area contributed by atoms with Gasteiger partial charge in [-0.25, -0.2) is 0 Å². The standard InChI is InChI=1S/C8H12N2O2/c1-9-7-5-4-6(12-7)8(11)10(2)3/h4-5,9H,1-3H3. The van der Waals surface area contributed by atoms with Crippen LogP contribution in [0.1, 0.15) is 10.6 Å². The number of carbonyl (C=O) groups is 1. The second-order valence-electron chi connectivity index (χ2n) is 2.61. The van der Waals surface area contributed by atoms with Crippen molar-refractivity contribution in [3.05, 3.63) is 17.9 Å². The zero-order valence-corrected chi connectivity index (χ0v) is 7.42. The van der Waals surface area contributed by atoms with Crippen LogP contribution in [0, 0.1) is 0 Å². The fraction of sp³-hybridized carbons (Fsp3) is 0.375. The Morgan fingerprint density at radius 1 is 1.50 bits per heavy atom. The second-order valence-corrected chi connectivity index (χ2v) is 2.61. The summed E-state index contributed by atoms with van der Waals surface area (Å²) >= 11 is 0. The molecular formula is C8H12N2O2. The number of rotatable bonds is 2. The smallest absolute Gasteiger partial charge is 0.289 e. The Labute approximate surface area is 71.2 Å². The van der Waals surface area contributed by atoms with Crippen LogP contribution in [0.4, 0.5) is 5.88 Å². The van der Waals surface area contributed by atoms with Crippen LogP contribution in [-0.4, -0.2) is 32.0 Å². The Morgan fingerprint density at radius 3 is 2.58 bits per heavy atom. The molecule has 4 nitrogen and oxygen atoms in total. The number of carbonyl (C=O) groups excluding carboxylic acids is 1. The number of hydrogen-bond acceptors (Lipinski definition) is 3. The summed E-state index contributed by atoms with van der Waals surface area (Å²) in [5.41, 5.74) is 0. The molecule has 1 amide bonds. The van der Waals surface area contributed by atoms with Crippen molar-refractivity contribution in [1.82, 2.24) is 4.90 Å². The minimum Gasteiger partial charge on any atom is -0.436 e. The van der Waals surface area contributed by atoms with Crippen molar-refractivity contribution in [3.63, 3.8) is 0 Å². The van der Waals surface area contributed by atoms with Gasteiger partial charge < -0.3 is 14.6 Å². The molecule has 0 bridgehead atoms. The molecule has 1 aromatic heterocycles. The fourth-order valence-corrected chi connectivity index (χ4v) is 0.808. The number of hydrogen-bond donors (Lipinski definition) is 1. The van der Waals surface area contributed by atoms with Gasteiger partial charge in [-0.15, -0.1) is 0 Å². The van der Waals surface area contributed by atoms with Gasteiger partial charge in [0.25, 0.3) is 5.91 Å². The lowest BCUT2D eigenvalue weighted by Crippen LogP contribution is -2.20. The van der Waals surface area contributed by atoms with Gasteiger partial charge in [0.1, 0.15) is 0 Å². The maximum atomic E-state index is 11.3. The molecule has 0 radical (unpaired) electrons. The van der Waals surface area contributed by atoms with Crippen LogP contribution in [0.15, 0.2) is 16.5 Å². The molecule has 4 heteroatoms. The quantitative estimate of drug-likeness (QED) is 0.717. The molecule has 0 saturated carbocycles. The maximum absolute atomic E-state index is 11.3. The maximum Gasteiger partial charge on any atom is 0.289 e. The van der Waals surface area contributed by atoms with Gasteiger partial charge in [0, 0.05) is 27.2 Å². The summed E-state index contributed by atoms with van der Waals surface area (Å²) in [6.07, 6.45) is 0. The summed E-state index contributed by atoms with van der Waals surface area (Å²) in [6.45, 7) is 0. The summed E-state index contributed by atoms with van der Waals surface area (Å²) < 4.78 is 5.15. The largest absolute Gasteiger partial charge is 0.436 e. The van der Waals surface area contributed by atoms with Crippen LogP contribution < -0.4 is 5.32 Å². The predicted molar refractivity (Wildman–Crippen MR) is 46.3 cm³/mol. The lowest BCUT2D eigenvalue weighted by atomic mass is 10.4. The fourth-order valence-electron chi connectivity index (χ4n) is 0.808. The van der Waals surface area contributed by atoms with E-state index in [2.05, 4.69) is 5.32 Å². The van der Waals surface area contributed by atoms with Gasteiger partial charge in [-0.1, -0.05) is 0 Å². The number of furan rings is 1. The summed E-state index contributed by atoms with van der Waals surface area (Å²) in [7, 11) is 5.11. The molecule has 1 aromatic rings. The molecule has 0 aliphatic rings. The van der Waals surface area contributed by atoms with E-state index in [1.165, 1.54) is 4.90 Å². The molecule has 0 unspecified atom stereocenters. The SMILES string of the molecule is CNc1ccc(C(=O)N(C)C)o1. The Balaban J connectivity index is 2.82. The van der Waals surface area contributed by atoms with Crippen LogP contribution in [0.5, 0.6) is 0 Å². The third-order valence-electron chi connectivity index (χ3n) is 1.47. The van der Waals surface area contributed by atoms with Gasteiger partial charge in [0.05, 0.1) is 0 Å². The summed E-state index contributed by atoms with van der Waals surface area (Å²) in [5.74, 6) is 0.820. The zero-order chi connectivity index (χ0) is 9.14. The first kappa shape index (κ1) is 8.64. The number of amides is 1. The number of anilines is 1. The first-order valence-corrected chi connectivity index (χ1v) is 3.64. The van der Waals surface area contributed by atoms with Gasteiger partial charge in [0.15, 0.2) is 11.6 Å². The first-order valence-electron chi connectivity index (χ1n) is 3.64. The van der Waals surface area contributed by atoms with Crippen LogP contribution >= 0.6 is 0 Å². The third-order valence-corrected chi connectivity index (χ3v) is 1.47. The van der Waals surface area contributed by atoms with Gasteiger partial charge >= 0.3 is 0 Å². The van der Waals surface area contributed by atoms with Crippen molar-refractivity contribution in [3.8, 4) is 0 Å². The Bertz CT molecular complexity index is 278. The summed E-state index contributed by atoms with van der Waals surface area (Å²) in [4.78, 5) is 12.7. The summed E-state index contributed by atoms with van der Waals surface area (Å²) in [5, 5.41) is 2.80. The van der Waals surface area contributed by atoms with E-state index in [9.17, 15) is 4.79 Å². The first-order chi connectivity index (χ1) is 5.65. The predicted octanol–water partition coefficient (Wildman–Crippen LogP) is 1.02. The molecular weight excluding hydrogens is 156 g/mol. The van der Waals surface area contributed by atoms with Crippen molar-refractivity contribution >= 4 is 11.8 Å². The molecule has 0 atom stereocenters. The molecule has 66 valence electrons. The van der Waals surface area contributed by atoms with Crippen LogP contribution in [-0.2, 0) is 0 Å². The van der Waals surface area contributed by atoms with E-state index < -0.39 is 0 Å². The van der Waals surface area contributed by atoms with E-state index >= 15 is 0 Å². The van der Waals surface area contributed by atoms with E-state index in [0.29, 0.717) is 11.6 Å². The van der Waals surface area contributed by atoms with Crippen LogP contribution in [0.25, 0.3) is 0 Å². The lowest BCUT2D eigenvalue weighted by Gasteiger charge is -2.06. The monoisotopic (exact) mass is 168 g/mol. The van der Waals surface area contributed by atoms with Crippen LogP contribution in [0.2, 0.25) is 0 Å². The number of nitrogens with one attached hydrogen (secondary N) is 1. The number of nitrogens with zero attached hydrogens (tertiary/aromatic N) is 1. The highest BCUT2D eigenvalue weighted by Gasteiger charge is 2.11. The van der Waals surface area contributed by atoms with E-state index in [0.717, 1.165) is 0 Å². The normalized spacial score (nSPS) is 9.58. The van der Waals surface area contributed by atoms with Crippen molar-refractivity contribution in [2.45, 2.75) is 0 Å². The average molecular weight is 168 g/mol. The highest BCUT2D eigenvalue weighted by molar-refractivity contribution is 5.91. The minimum atomic E-state index is -0.128. The van der Waals surface area contributed by atoms with Crippen molar-refractivity contribution < 1.29 is 9.21 Å². The molecule has 0 aliphatic carbocycles. The average Bonchev–Trinajstić information content (AvgIpc) is 2.50. The van der Waals surface area contributed by atoms with E-state index in [1.807, 2.05) is 0 Å². The molecule has 12 heavy (non-hydrogen) atoms. The highest BCUT2D eigenvalue weighted by atomic mass is 16.4. The Hall–Kier alpha value is -1.45. The molecule has 0 fully saturated rings. The summed E-state index contributed by atoms with van der Waals surface area (Å²) in [6, 6.07) is 3.37. The van der Waals surface area contributed by atoms with Crippen molar-refractivity contribution in [1.29, 1.82) is 0 Å². The van der Waals surface area contributed by atoms with Crippen molar-refractivity contribution in [2.24, 2.45) is 0 Å². The van der Waals surface area contributed by atoms with Gasteiger partial charge in [-0.3, -0.25) is 4.79 Å². The highest BCUT2D eigenvalue weighted by Crippen LogP contribution is 2.13. The third kappa shape index (κ3) is 1.58. The molecule has 0 saturated heterocycles. The Morgan fingerprint density at radius 2 is 2.17 bits per heavy atom. The molecule has 1 rings (SSSR count). The van der Waals surface area contributed by atoms with E-state index in [4.69, 9.17) is 4.42 Å². The molecule has 1 N–H and O–H groups in total. The topological polar surface area (TPSA) is 45.5 Å². The second kappa shape index (κ2) is 3.30. The molecule has 1 heterocycles. The zero-order valence-electron chi connectivity index (χ0n) is 7.42.